The molecule has 0 spiro atoms. The Morgan fingerprint density at radius 2 is 2.21 bits per heavy atom. The van der Waals surface area contributed by atoms with Gasteiger partial charge in [-0.05, 0) is 26.1 Å². The second kappa shape index (κ2) is 7.06. The normalized spacial score (nSPS) is 11.3. The molecule has 0 radical (unpaired) electrons. The van der Waals surface area contributed by atoms with Crippen LogP contribution >= 0.6 is 11.3 Å². The van der Waals surface area contributed by atoms with Crippen molar-refractivity contribution in [1.29, 1.82) is 0 Å². The zero-order valence-electron chi connectivity index (χ0n) is 13.4. The van der Waals surface area contributed by atoms with E-state index in [9.17, 15) is 9.18 Å². The molecule has 0 bridgehead atoms. The van der Waals surface area contributed by atoms with Gasteiger partial charge in [-0.3, -0.25) is 9.69 Å². The molecule has 2 heterocycles. The molecule has 0 atom stereocenters. The van der Waals surface area contributed by atoms with Gasteiger partial charge in [0.25, 0.3) is 5.56 Å². The number of rotatable bonds is 6. The lowest BCUT2D eigenvalue weighted by molar-refractivity contribution is 0.231. The van der Waals surface area contributed by atoms with Crippen molar-refractivity contribution in [3.05, 3.63) is 57.2 Å². The largest absolute Gasteiger partial charge is 0.492 e. The van der Waals surface area contributed by atoms with Crippen molar-refractivity contribution < 1.29 is 9.13 Å². The number of benzene rings is 1. The highest BCUT2D eigenvalue weighted by molar-refractivity contribution is 7.16. The van der Waals surface area contributed by atoms with Gasteiger partial charge >= 0.3 is 0 Å². The molecule has 0 aliphatic rings. The molecular formula is C16H17FN4O2S. The van der Waals surface area contributed by atoms with Gasteiger partial charge < -0.3 is 4.74 Å². The number of halogens is 1. The quantitative estimate of drug-likeness (QED) is 0.683. The molecule has 3 aromatic rings. The average Bonchev–Trinajstić information content (AvgIpc) is 2.88. The predicted molar refractivity (Wildman–Crippen MR) is 90.1 cm³/mol. The van der Waals surface area contributed by atoms with Crippen molar-refractivity contribution in [2.75, 3.05) is 20.2 Å². The van der Waals surface area contributed by atoms with E-state index in [2.05, 4.69) is 10.1 Å². The fourth-order valence-corrected chi connectivity index (χ4v) is 3.03. The molecule has 0 unspecified atom stereocenters. The highest BCUT2D eigenvalue weighted by Crippen LogP contribution is 2.12. The Labute approximate surface area is 142 Å². The maximum Gasteiger partial charge on any atom is 0.275 e. The van der Waals surface area contributed by atoms with Crippen LogP contribution in [0, 0.1) is 12.7 Å². The van der Waals surface area contributed by atoms with Crippen molar-refractivity contribution >= 4 is 16.3 Å². The molecule has 3 rings (SSSR count). The number of nitrogens with zero attached hydrogens (tertiary/aromatic N) is 4. The van der Waals surface area contributed by atoms with Crippen LogP contribution < -0.4 is 10.3 Å². The predicted octanol–water partition coefficient (Wildman–Crippen LogP) is 2.11. The average molecular weight is 348 g/mol. The third-order valence-electron chi connectivity index (χ3n) is 3.37. The number of aromatic nitrogens is 3. The fourth-order valence-electron chi connectivity index (χ4n) is 2.26. The van der Waals surface area contributed by atoms with Crippen LogP contribution in [0.5, 0.6) is 5.75 Å². The van der Waals surface area contributed by atoms with Crippen molar-refractivity contribution in [2.24, 2.45) is 0 Å². The topological polar surface area (TPSA) is 59.7 Å². The van der Waals surface area contributed by atoms with Gasteiger partial charge in [-0.25, -0.2) is 9.37 Å². The highest BCUT2D eigenvalue weighted by atomic mass is 32.1. The van der Waals surface area contributed by atoms with Crippen LogP contribution in [-0.4, -0.2) is 39.7 Å². The van der Waals surface area contributed by atoms with Crippen LogP contribution in [0.4, 0.5) is 4.39 Å². The van der Waals surface area contributed by atoms with E-state index in [0.29, 0.717) is 36.1 Å². The molecule has 126 valence electrons. The Bertz CT molecular complexity index is 908. The van der Waals surface area contributed by atoms with Gasteiger partial charge in [0.2, 0.25) is 4.96 Å². The van der Waals surface area contributed by atoms with Gasteiger partial charge in [0.15, 0.2) is 0 Å². The molecule has 0 aliphatic carbocycles. The molecule has 0 aliphatic heterocycles. The maximum absolute atomic E-state index is 13.1. The van der Waals surface area contributed by atoms with Crippen LogP contribution in [0.2, 0.25) is 0 Å². The summed E-state index contributed by atoms with van der Waals surface area (Å²) in [6.07, 6.45) is 0. The molecule has 0 saturated carbocycles. The summed E-state index contributed by atoms with van der Waals surface area (Å²) < 4.78 is 19.9. The summed E-state index contributed by atoms with van der Waals surface area (Å²) in [7, 11) is 1.91. The molecule has 1 aromatic carbocycles. The van der Waals surface area contributed by atoms with E-state index in [-0.39, 0.29) is 11.4 Å². The van der Waals surface area contributed by atoms with Gasteiger partial charge in [-0.15, -0.1) is 0 Å². The third-order valence-corrected chi connectivity index (χ3v) is 4.19. The summed E-state index contributed by atoms with van der Waals surface area (Å²) in [5.74, 6) is 0.181. The second-order valence-corrected chi connectivity index (χ2v) is 6.60. The highest BCUT2D eigenvalue weighted by Gasteiger charge is 2.09. The lowest BCUT2D eigenvalue weighted by Crippen LogP contribution is -2.26. The SMILES string of the molecule is Cc1nn2c(=O)cc(CN(C)CCOc3cccc(F)c3)nc2s1. The monoisotopic (exact) mass is 348 g/mol. The number of likely N-dealkylation sites (N-methyl/N-ethyl adjacent to an activating group) is 1. The minimum atomic E-state index is -0.321. The smallest absolute Gasteiger partial charge is 0.275 e. The standard InChI is InChI=1S/C16H17FN4O2S/c1-11-19-21-15(22)9-13(18-16(21)24-11)10-20(2)6-7-23-14-5-3-4-12(17)8-14/h3-5,8-9H,6-7,10H2,1-2H3. The lowest BCUT2D eigenvalue weighted by atomic mass is 10.3. The third kappa shape index (κ3) is 3.95. The van der Waals surface area contributed by atoms with Crippen molar-refractivity contribution in [3.63, 3.8) is 0 Å². The first-order valence-electron chi connectivity index (χ1n) is 7.44. The van der Waals surface area contributed by atoms with E-state index in [1.54, 1.807) is 12.1 Å². The zero-order valence-corrected chi connectivity index (χ0v) is 14.2. The first-order chi connectivity index (χ1) is 11.5. The van der Waals surface area contributed by atoms with Crippen LogP contribution in [0.25, 0.3) is 4.96 Å². The van der Waals surface area contributed by atoms with E-state index in [0.717, 1.165) is 5.01 Å². The van der Waals surface area contributed by atoms with Gasteiger partial charge in [-0.2, -0.15) is 9.61 Å². The Morgan fingerprint density at radius 3 is 3.00 bits per heavy atom. The van der Waals surface area contributed by atoms with Gasteiger partial charge in [0.1, 0.15) is 23.2 Å². The van der Waals surface area contributed by atoms with Gasteiger partial charge in [-0.1, -0.05) is 17.4 Å². The molecule has 8 heteroatoms. The first-order valence-corrected chi connectivity index (χ1v) is 8.26. The van der Waals surface area contributed by atoms with E-state index >= 15 is 0 Å². The van der Waals surface area contributed by atoms with Crippen molar-refractivity contribution in [3.8, 4) is 5.75 Å². The minimum absolute atomic E-state index is 0.177. The zero-order chi connectivity index (χ0) is 17.1. The fraction of sp³-hybridized carbons (Fsp3) is 0.312. The van der Waals surface area contributed by atoms with E-state index in [4.69, 9.17) is 4.74 Å². The molecule has 6 nitrogen and oxygen atoms in total. The Kier molecular flexibility index (Phi) is 4.86. The number of aryl methyl sites for hydroxylation is 1. The summed E-state index contributed by atoms with van der Waals surface area (Å²) in [5.41, 5.74) is 0.515. The Hall–Kier alpha value is -2.32. The van der Waals surface area contributed by atoms with Crippen LogP contribution in [0.15, 0.2) is 35.1 Å². The van der Waals surface area contributed by atoms with E-state index < -0.39 is 0 Å². The maximum atomic E-state index is 13.1. The summed E-state index contributed by atoms with van der Waals surface area (Å²) in [6, 6.07) is 7.54. The summed E-state index contributed by atoms with van der Waals surface area (Å²) in [5, 5.41) is 4.92. The summed E-state index contributed by atoms with van der Waals surface area (Å²) in [6.45, 7) is 3.41. The molecule has 0 amide bonds. The number of hydrogen-bond donors (Lipinski definition) is 0. The van der Waals surface area contributed by atoms with Crippen molar-refractivity contribution in [1.82, 2.24) is 19.5 Å². The van der Waals surface area contributed by atoms with E-state index in [1.807, 2.05) is 18.9 Å². The summed E-state index contributed by atoms with van der Waals surface area (Å²) >= 11 is 1.39. The summed E-state index contributed by atoms with van der Waals surface area (Å²) in [4.78, 5) is 19.1. The van der Waals surface area contributed by atoms with Crippen LogP contribution in [-0.2, 0) is 6.54 Å². The van der Waals surface area contributed by atoms with Crippen molar-refractivity contribution in [2.45, 2.75) is 13.5 Å². The first kappa shape index (κ1) is 16.5. The van der Waals surface area contributed by atoms with Gasteiger partial charge in [0.05, 0.1) is 5.69 Å². The molecule has 24 heavy (non-hydrogen) atoms. The molecule has 0 fully saturated rings. The minimum Gasteiger partial charge on any atom is -0.492 e. The lowest BCUT2D eigenvalue weighted by Gasteiger charge is -2.16. The molecule has 2 aromatic heterocycles. The van der Waals surface area contributed by atoms with E-state index in [1.165, 1.54) is 34.1 Å². The molecular weight excluding hydrogens is 331 g/mol. The molecule has 0 saturated heterocycles. The van der Waals surface area contributed by atoms with Gasteiger partial charge in [0, 0.05) is 25.2 Å². The Morgan fingerprint density at radius 1 is 1.38 bits per heavy atom. The number of ether oxygens (including phenoxy) is 1. The van der Waals surface area contributed by atoms with Crippen LogP contribution in [0.3, 0.4) is 0 Å². The Balaban J connectivity index is 1.58. The second-order valence-electron chi connectivity index (χ2n) is 5.44. The molecule has 0 N–H and O–H groups in total. The van der Waals surface area contributed by atoms with Crippen LogP contribution in [0.1, 0.15) is 10.7 Å². The number of fused-ring (bicyclic) bond motifs is 1. The number of hydrogen-bond acceptors (Lipinski definition) is 6.